The van der Waals surface area contributed by atoms with E-state index in [1.165, 1.54) is 32.1 Å². The van der Waals surface area contributed by atoms with Gasteiger partial charge in [0.1, 0.15) is 0 Å². The summed E-state index contributed by atoms with van der Waals surface area (Å²) < 4.78 is 0. The van der Waals surface area contributed by atoms with Gasteiger partial charge in [-0.25, -0.2) is 0 Å². The lowest BCUT2D eigenvalue weighted by Crippen LogP contribution is -2.45. The maximum atomic E-state index is 3.37. The molecule has 0 bridgehead atoms. The zero-order valence-electron chi connectivity index (χ0n) is 6.32. The van der Waals surface area contributed by atoms with E-state index >= 15 is 0 Å². The van der Waals surface area contributed by atoms with Gasteiger partial charge < -0.3 is 0 Å². The van der Waals surface area contributed by atoms with Gasteiger partial charge in [-0.3, -0.25) is 10.9 Å². The number of hydrogen-bond donors (Lipinski definition) is 2. The fourth-order valence-corrected chi connectivity index (χ4v) is 2.04. The fraction of sp³-hybridized carbons (Fsp3) is 0.875. The zero-order valence-corrected chi connectivity index (χ0v) is 6.32. The SMILES string of the molecule is [CH]1CNNC12CCCCC2. The normalized spacial score (nSPS) is 31.2. The summed E-state index contributed by atoms with van der Waals surface area (Å²) in [5.74, 6) is 0. The summed E-state index contributed by atoms with van der Waals surface area (Å²) in [7, 11) is 0. The lowest BCUT2D eigenvalue weighted by atomic mass is 9.81. The highest BCUT2D eigenvalue weighted by molar-refractivity contribution is 5.05. The van der Waals surface area contributed by atoms with Gasteiger partial charge in [0.2, 0.25) is 0 Å². The summed E-state index contributed by atoms with van der Waals surface area (Å²) in [5.41, 5.74) is 6.93. The highest BCUT2D eigenvalue weighted by atomic mass is 15.4. The lowest BCUT2D eigenvalue weighted by molar-refractivity contribution is 0.286. The molecule has 1 radical (unpaired) electrons. The van der Waals surface area contributed by atoms with Crippen molar-refractivity contribution in [2.45, 2.75) is 37.6 Å². The van der Waals surface area contributed by atoms with E-state index in [2.05, 4.69) is 17.3 Å². The summed E-state index contributed by atoms with van der Waals surface area (Å²) >= 11 is 0. The number of rotatable bonds is 0. The van der Waals surface area contributed by atoms with Crippen LogP contribution in [-0.2, 0) is 0 Å². The molecule has 0 aromatic carbocycles. The van der Waals surface area contributed by atoms with Crippen LogP contribution in [0, 0.1) is 6.42 Å². The van der Waals surface area contributed by atoms with Crippen molar-refractivity contribution in [3.8, 4) is 0 Å². The Labute approximate surface area is 62.4 Å². The van der Waals surface area contributed by atoms with Crippen LogP contribution in [0.3, 0.4) is 0 Å². The summed E-state index contributed by atoms with van der Waals surface area (Å²) in [5, 5.41) is 0. The molecule has 1 saturated heterocycles. The van der Waals surface area contributed by atoms with E-state index in [9.17, 15) is 0 Å². The molecule has 1 aliphatic heterocycles. The first kappa shape index (κ1) is 6.62. The molecule has 2 aliphatic rings. The molecule has 0 aromatic rings. The minimum Gasteiger partial charge on any atom is -0.257 e. The summed E-state index contributed by atoms with van der Waals surface area (Å²) in [6.07, 6.45) is 9.28. The molecule has 2 fully saturated rings. The largest absolute Gasteiger partial charge is 0.257 e. The van der Waals surface area contributed by atoms with Gasteiger partial charge in [-0.1, -0.05) is 19.3 Å². The molecular weight excluding hydrogens is 124 g/mol. The van der Waals surface area contributed by atoms with Crippen LogP contribution in [0.25, 0.3) is 0 Å². The molecule has 2 nitrogen and oxygen atoms in total. The van der Waals surface area contributed by atoms with Crippen LogP contribution in [0.2, 0.25) is 0 Å². The van der Waals surface area contributed by atoms with Crippen LogP contribution in [0.5, 0.6) is 0 Å². The second kappa shape index (κ2) is 2.51. The summed E-state index contributed by atoms with van der Waals surface area (Å²) in [6, 6.07) is 0. The highest BCUT2D eigenvalue weighted by Crippen LogP contribution is 2.31. The van der Waals surface area contributed by atoms with Gasteiger partial charge in [-0.05, 0) is 19.3 Å². The predicted octanol–water partition coefficient (Wildman–Crippen LogP) is 1.00. The molecule has 0 atom stereocenters. The quantitative estimate of drug-likeness (QED) is 0.523. The Morgan fingerprint density at radius 3 is 2.50 bits per heavy atom. The van der Waals surface area contributed by atoms with Gasteiger partial charge in [0.25, 0.3) is 0 Å². The molecule has 0 unspecified atom stereocenters. The Morgan fingerprint density at radius 2 is 1.90 bits per heavy atom. The third-order valence-electron chi connectivity index (χ3n) is 2.68. The monoisotopic (exact) mass is 139 g/mol. The van der Waals surface area contributed by atoms with E-state index in [1.54, 1.807) is 0 Å². The standard InChI is InChI=1S/C8H15N2/c1-2-4-8(5-3-1)6-7-9-10-8/h6,9-10H,1-5,7H2. The Morgan fingerprint density at radius 1 is 1.10 bits per heavy atom. The minimum atomic E-state index is 0.387. The van der Waals surface area contributed by atoms with Gasteiger partial charge >= 0.3 is 0 Å². The number of hydrazine groups is 1. The first-order valence-electron chi connectivity index (χ1n) is 4.26. The van der Waals surface area contributed by atoms with Crippen molar-refractivity contribution in [1.29, 1.82) is 0 Å². The van der Waals surface area contributed by atoms with Crippen LogP contribution in [0.4, 0.5) is 0 Å². The minimum absolute atomic E-state index is 0.387. The van der Waals surface area contributed by atoms with Crippen molar-refractivity contribution in [2.24, 2.45) is 0 Å². The molecule has 0 amide bonds. The third-order valence-corrected chi connectivity index (χ3v) is 2.68. The molecule has 2 N–H and O–H groups in total. The van der Waals surface area contributed by atoms with E-state index in [0.29, 0.717) is 5.54 Å². The second-order valence-electron chi connectivity index (χ2n) is 3.43. The molecule has 10 heavy (non-hydrogen) atoms. The van der Waals surface area contributed by atoms with E-state index < -0.39 is 0 Å². The zero-order chi connectivity index (χ0) is 6.86. The molecule has 1 saturated carbocycles. The van der Waals surface area contributed by atoms with Crippen LogP contribution < -0.4 is 10.9 Å². The number of nitrogens with one attached hydrogen (secondary N) is 2. The first-order chi connectivity index (χ1) is 4.91. The smallest absolute Gasteiger partial charge is 0.0368 e. The van der Waals surface area contributed by atoms with Gasteiger partial charge in [-0.15, -0.1) is 0 Å². The molecular formula is C8H15N2. The first-order valence-corrected chi connectivity index (χ1v) is 4.26. The van der Waals surface area contributed by atoms with Crippen LogP contribution in [0.1, 0.15) is 32.1 Å². The highest BCUT2D eigenvalue weighted by Gasteiger charge is 2.34. The molecule has 2 heteroatoms. The van der Waals surface area contributed by atoms with Crippen LogP contribution >= 0.6 is 0 Å². The third kappa shape index (κ3) is 1.06. The predicted molar refractivity (Wildman–Crippen MR) is 41.3 cm³/mol. The molecule has 57 valence electrons. The Kier molecular flexibility index (Phi) is 1.66. The van der Waals surface area contributed by atoms with Crippen LogP contribution in [-0.4, -0.2) is 12.1 Å². The summed E-state index contributed by atoms with van der Waals surface area (Å²) in [4.78, 5) is 0. The maximum absolute atomic E-state index is 3.37. The Bertz CT molecular complexity index is 108. The molecule has 1 aliphatic carbocycles. The maximum Gasteiger partial charge on any atom is 0.0368 e. The van der Waals surface area contributed by atoms with Crippen molar-refractivity contribution in [3.05, 3.63) is 6.42 Å². The van der Waals surface area contributed by atoms with Crippen molar-refractivity contribution < 1.29 is 0 Å². The molecule has 2 rings (SSSR count). The average Bonchev–Trinajstić information content (AvgIpc) is 2.39. The van der Waals surface area contributed by atoms with Crippen LogP contribution in [0.15, 0.2) is 0 Å². The molecule has 0 aromatic heterocycles. The van der Waals surface area contributed by atoms with Gasteiger partial charge in [0.05, 0.1) is 0 Å². The Balaban J connectivity index is 1.98. The fourth-order valence-electron chi connectivity index (χ4n) is 2.04. The Hall–Kier alpha value is -0.0800. The van der Waals surface area contributed by atoms with Gasteiger partial charge in [0, 0.05) is 12.1 Å². The molecule has 1 spiro atoms. The van der Waals surface area contributed by atoms with Crippen molar-refractivity contribution in [3.63, 3.8) is 0 Å². The van der Waals surface area contributed by atoms with E-state index in [0.717, 1.165) is 6.54 Å². The van der Waals surface area contributed by atoms with Gasteiger partial charge in [-0.2, -0.15) is 0 Å². The summed E-state index contributed by atoms with van der Waals surface area (Å²) in [6.45, 7) is 1.04. The second-order valence-corrected chi connectivity index (χ2v) is 3.43. The van der Waals surface area contributed by atoms with Gasteiger partial charge in [0.15, 0.2) is 0 Å². The van der Waals surface area contributed by atoms with Crippen molar-refractivity contribution in [1.82, 2.24) is 10.9 Å². The van der Waals surface area contributed by atoms with Crippen molar-refractivity contribution in [2.75, 3.05) is 6.54 Å². The van der Waals surface area contributed by atoms with E-state index in [-0.39, 0.29) is 0 Å². The van der Waals surface area contributed by atoms with Crippen molar-refractivity contribution >= 4 is 0 Å². The average molecular weight is 139 g/mol. The lowest BCUT2D eigenvalue weighted by Gasteiger charge is -2.32. The number of hydrogen-bond acceptors (Lipinski definition) is 2. The van der Waals surface area contributed by atoms with E-state index in [1.807, 2.05) is 0 Å². The molecule has 1 heterocycles. The van der Waals surface area contributed by atoms with E-state index in [4.69, 9.17) is 0 Å². The topological polar surface area (TPSA) is 24.1 Å².